The standard InChI is InChI=1S/C53H82O25/c1-48(2)14-16-53(47(70)78-45-35(63)33(61)31(59)25(20-55)73-45)17-15-51(6)22(23(53)18-48)8-9-27-50(5)12-11-28(49(3,4)26(50)10-13-52(27,51)7)74-46-40(77-44-34(62)32(60)30(58)24(19-54)72-44)38(36(64)39(76-46)42(68)69)75-43(37(65)41(66)67)71-21-29(56)57/h8,23-28,30-40,43-46,54-55,58-65H,9-21H2,1-7H3,(H,56,57)(H,66,67)(H,68,69)/t23-,24+,25-,26+,27-,28+,30-,31+,32+,33-,34+,35+,36-,37+,38-,39-,40+,43+,44-,45-,46+,50+,51+,52+,53-/m1/s1. The Bertz CT molecular complexity index is 2240. The molecule has 78 heavy (non-hydrogen) atoms. The van der Waals surface area contributed by atoms with Crippen molar-refractivity contribution in [2.24, 2.45) is 50.2 Å². The molecule has 25 atom stereocenters. The van der Waals surface area contributed by atoms with Crippen LogP contribution in [-0.2, 0) is 57.1 Å². The van der Waals surface area contributed by atoms with Crippen LogP contribution in [0, 0.1) is 50.2 Å². The van der Waals surface area contributed by atoms with Gasteiger partial charge in [0.2, 0.25) is 12.4 Å². The van der Waals surface area contributed by atoms with Gasteiger partial charge in [-0.1, -0.05) is 60.1 Å². The maximum absolute atomic E-state index is 14.8. The first-order valence-corrected chi connectivity index (χ1v) is 27.1. The molecular formula is C53H82O25. The first-order valence-electron chi connectivity index (χ1n) is 27.1. The summed E-state index contributed by atoms with van der Waals surface area (Å²) in [6, 6.07) is 0. The molecule has 4 saturated carbocycles. The SMILES string of the molecule is CC1(C)CC[C@@]2(C(=O)O[C@H]3O[C@H](CO)[C@H](O)[C@@H](O)[C@@H]3O)CC[C@@]3(C)C(=CC[C@@H]4[C@@]5(C)CC[C@H](O[C@H]6O[C@@H](C(=O)O)[C@H](O)[C@@H](O[C@H](OCC(=O)O)[C@@H](O)C(=O)O)[C@@H]6O[C@H]6O[C@@H](CO)[C@@H](O)[C@H](O)[C@@H]6O)C(C)(C)[C@@H]5CC[C@@]43C)[C@H]2C1. The summed E-state index contributed by atoms with van der Waals surface area (Å²) in [4.78, 5) is 51.2. The third kappa shape index (κ3) is 10.4. The average Bonchev–Trinajstić information content (AvgIpc) is 3.35. The van der Waals surface area contributed by atoms with E-state index in [4.69, 9.17) is 37.9 Å². The van der Waals surface area contributed by atoms with Gasteiger partial charge in [0.25, 0.3) is 0 Å². The lowest BCUT2D eigenvalue weighted by Gasteiger charge is -2.71. The molecule has 3 saturated heterocycles. The lowest BCUT2D eigenvalue weighted by Crippen LogP contribution is -2.68. The van der Waals surface area contributed by atoms with Crippen LogP contribution in [0.25, 0.3) is 0 Å². The highest BCUT2D eigenvalue weighted by Gasteiger charge is 2.70. The fraction of sp³-hybridized carbons (Fsp3) is 0.887. The third-order valence-electron chi connectivity index (χ3n) is 20.4. The molecule has 8 aliphatic rings. The summed E-state index contributed by atoms with van der Waals surface area (Å²) in [7, 11) is 0. The molecule has 7 fully saturated rings. The van der Waals surface area contributed by atoms with Gasteiger partial charge >= 0.3 is 23.9 Å². The van der Waals surface area contributed by atoms with Crippen molar-refractivity contribution in [3.63, 3.8) is 0 Å². The quantitative estimate of drug-likeness (QED) is 0.0387. The lowest BCUT2D eigenvalue weighted by molar-refractivity contribution is -0.387. The van der Waals surface area contributed by atoms with E-state index in [1.807, 2.05) is 13.8 Å². The van der Waals surface area contributed by atoms with Crippen LogP contribution in [0.4, 0.5) is 0 Å². The summed E-state index contributed by atoms with van der Waals surface area (Å²) in [5, 5.41) is 136. The molecule has 3 heterocycles. The first kappa shape index (κ1) is 61.0. The van der Waals surface area contributed by atoms with Crippen LogP contribution in [0.3, 0.4) is 0 Å². The van der Waals surface area contributed by atoms with Crippen molar-refractivity contribution in [2.75, 3.05) is 19.8 Å². The lowest BCUT2D eigenvalue weighted by atomic mass is 9.33. The summed E-state index contributed by atoms with van der Waals surface area (Å²) in [5.41, 5.74) is -1.80. The zero-order valence-electron chi connectivity index (χ0n) is 45.1. The van der Waals surface area contributed by atoms with E-state index in [9.17, 15) is 85.6 Å². The highest BCUT2D eigenvalue weighted by atomic mass is 16.8. The fourth-order valence-corrected chi connectivity index (χ4v) is 15.8. The van der Waals surface area contributed by atoms with Gasteiger partial charge in [-0.2, -0.15) is 0 Å². The number of esters is 1. The second-order valence-electron chi connectivity index (χ2n) is 25.5. The van der Waals surface area contributed by atoms with Crippen LogP contribution in [0.2, 0.25) is 0 Å². The summed E-state index contributed by atoms with van der Waals surface area (Å²) in [5.74, 6) is -6.13. The molecule has 0 unspecified atom stereocenters. The molecule has 3 aliphatic heterocycles. The normalized spacial score (nSPS) is 47.6. The highest BCUT2D eigenvalue weighted by molar-refractivity contribution is 5.79. The van der Waals surface area contributed by atoms with E-state index in [1.165, 1.54) is 5.57 Å². The number of carboxylic acid groups (broad SMARTS) is 3. The van der Waals surface area contributed by atoms with Crippen LogP contribution >= 0.6 is 0 Å². The van der Waals surface area contributed by atoms with Crippen LogP contribution in [0.15, 0.2) is 11.6 Å². The average molecular weight is 1120 g/mol. The Hall–Kier alpha value is -3.06. The Morgan fingerprint density at radius 1 is 0.667 bits per heavy atom. The third-order valence-corrected chi connectivity index (χ3v) is 20.4. The van der Waals surface area contributed by atoms with E-state index < -0.39 is 171 Å². The molecule has 0 aromatic heterocycles. The van der Waals surface area contributed by atoms with E-state index >= 15 is 0 Å². The highest BCUT2D eigenvalue weighted by Crippen LogP contribution is 2.76. The molecule has 8 rings (SSSR count). The molecule has 25 nitrogen and oxygen atoms in total. The van der Waals surface area contributed by atoms with E-state index in [0.717, 1.165) is 12.8 Å². The predicted molar refractivity (Wildman–Crippen MR) is 261 cm³/mol. The Morgan fingerprint density at radius 2 is 1.27 bits per heavy atom. The van der Waals surface area contributed by atoms with Crippen LogP contribution in [-0.4, -0.2) is 221 Å². The smallest absolute Gasteiger partial charge is 0.337 e. The van der Waals surface area contributed by atoms with Gasteiger partial charge in [0.1, 0.15) is 73.8 Å². The van der Waals surface area contributed by atoms with Crippen molar-refractivity contribution in [1.29, 1.82) is 0 Å². The van der Waals surface area contributed by atoms with Crippen molar-refractivity contribution < 1.29 is 123 Å². The first-order chi connectivity index (χ1) is 36.3. The number of carbonyl (C=O) groups excluding carboxylic acids is 1. The number of aliphatic hydroxyl groups excluding tert-OH is 10. The molecule has 0 radical (unpaired) electrons. The summed E-state index contributed by atoms with van der Waals surface area (Å²) in [6.07, 6.45) is -25.4. The summed E-state index contributed by atoms with van der Waals surface area (Å²) >= 11 is 0. The monoisotopic (exact) mass is 1120 g/mol. The number of hydrogen-bond acceptors (Lipinski definition) is 22. The number of hydrogen-bond donors (Lipinski definition) is 13. The zero-order valence-corrected chi connectivity index (χ0v) is 45.1. The topological polar surface area (TPSA) is 405 Å². The summed E-state index contributed by atoms with van der Waals surface area (Å²) < 4.78 is 47.0. The Kier molecular flexibility index (Phi) is 17.4. The second kappa shape index (κ2) is 22.3. The zero-order chi connectivity index (χ0) is 57.6. The van der Waals surface area contributed by atoms with Gasteiger partial charge in [0.15, 0.2) is 25.0 Å². The molecule has 0 spiro atoms. The Morgan fingerprint density at radius 3 is 1.86 bits per heavy atom. The maximum Gasteiger partial charge on any atom is 0.337 e. The largest absolute Gasteiger partial charge is 0.480 e. The fourth-order valence-electron chi connectivity index (χ4n) is 15.8. The van der Waals surface area contributed by atoms with Crippen molar-refractivity contribution in [3.8, 4) is 0 Å². The Labute approximate surface area is 451 Å². The molecule has 0 aromatic carbocycles. The molecule has 25 heteroatoms. The van der Waals surface area contributed by atoms with Gasteiger partial charge in [0, 0.05) is 0 Å². The minimum absolute atomic E-state index is 0.0778. The minimum Gasteiger partial charge on any atom is -0.480 e. The predicted octanol–water partition coefficient (Wildman–Crippen LogP) is -0.870. The van der Waals surface area contributed by atoms with Gasteiger partial charge in [-0.15, -0.1) is 0 Å². The van der Waals surface area contributed by atoms with E-state index in [-0.39, 0.29) is 34.0 Å². The molecule has 13 N–H and O–H groups in total. The van der Waals surface area contributed by atoms with Gasteiger partial charge in [-0.3, -0.25) is 4.79 Å². The number of rotatable bonds is 16. The van der Waals surface area contributed by atoms with Gasteiger partial charge in [-0.25, -0.2) is 14.4 Å². The molecular weight excluding hydrogens is 1040 g/mol. The maximum atomic E-state index is 14.8. The number of carboxylic acids is 3. The van der Waals surface area contributed by atoms with E-state index in [1.54, 1.807) is 0 Å². The Balaban J connectivity index is 1.09. The number of aliphatic carboxylic acids is 3. The number of ether oxygens (including phenoxy) is 8. The molecule has 0 bridgehead atoms. The molecule has 0 aromatic rings. The van der Waals surface area contributed by atoms with Crippen LogP contribution in [0.1, 0.15) is 113 Å². The van der Waals surface area contributed by atoms with Crippen molar-refractivity contribution in [2.45, 2.75) is 223 Å². The molecule has 444 valence electrons. The molecule has 0 amide bonds. The van der Waals surface area contributed by atoms with Gasteiger partial charge in [-0.05, 0) is 109 Å². The van der Waals surface area contributed by atoms with Gasteiger partial charge in [0.05, 0.1) is 24.7 Å². The van der Waals surface area contributed by atoms with Crippen LogP contribution in [0.5, 0.6) is 0 Å². The number of fused-ring (bicyclic) bond motifs is 7. The second-order valence-corrected chi connectivity index (χ2v) is 25.5. The van der Waals surface area contributed by atoms with Crippen molar-refractivity contribution in [1.82, 2.24) is 0 Å². The van der Waals surface area contributed by atoms with Crippen LogP contribution < -0.4 is 0 Å². The number of carbonyl (C=O) groups is 4. The van der Waals surface area contributed by atoms with Crippen molar-refractivity contribution in [3.05, 3.63) is 11.6 Å². The minimum atomic E-state index is -2.62. The van der Waals surface area contributed by atoms with E-state index in [2.05, 4.69) is 40.7 Å². The van der Waals surface area contributed by atoms with Crippen molar-refractivity contribution >= 4 is 23.9 Å². The summed E-state index contributed by atoms with van der Waals surface area (Å²) in [6.45, 7) is 12.5. The molecule has 5 aliphatic carbocycles. The number of aliphatic hydroxyl groups is 10. The van der Waals surface area contributed by atoms with Gasteiger partial charge < -0.3 is 104 Å². The number of allylic oxidation sites excluding steroid dienone is 2. The van der Waals surface area contributed by atoms with E-state index in [0.29, 0.717) is 51.4 Å².